The molecule has 2 N–H and O–H groups in total. The molecule has 0 aliphatic heterocycles. The van der Waals surface area contributed by atoms with Gasteiger partial charge in [0.15, 0.2) is 0 Å². The molecule has 0 radical (unpaired) electrons. The molecule has 0 aromatic carbocycles. The summed E-state index contributed by atoms with van der Waals surface area (Å²) in [5, 5.41) is 0. The number of aromatic nitrogens is 1. The smallest absolute Gasteiger partial charge is 0.127 e. The van der Waals surface area contributed by atoms with Crippen LogP contribution in [0.1, 0.15) is 38.4 Å². The van der Waals surface area contributed by atoms with E-state index in [4.69, 9.17) is 10.5 Å². The van der Waals surface area contributed by atoms with Gasteiger partial charge in [-0.25, -0.2) is 0 Å². The fourth-order valence-electron chi connectivity index (χ4n) is 1.32. The third kappa shape index (κ3) is 4.19. The lowest BCUT2D eigenvalue weighted by Crippen LogP contribution is -2.12. The zero-order valence-electron chi connectivity index (χ0n) is 10.7. The monoisotopic (exact) mass is 222 g/mol. The fourth-order valence-corrected chi connectivity index (χ4v) is 1.32. The Morgan fingerprint density at radius 1 is 1.38 bits per heavy atom. The molecule has 1 rings (SSSR count). The van der Waals surface area contributed by atoms with Crippen molar-refractivity contribution in [2.45, 2.75) is 40.7 Å². The van der Waals surface area contributed by atoms with Gasteiger partial charge in [-0.15, -0.1) is 0 Å². The zero-order valence-corrected chi connectivity index (χ0v) is 10.7. The maximum Gasteiger partial charge on any atom is 0.127 e. The number of hydrogen-bond acceptors (Lipinski definition) is 3. The third-order valence-corrected chi connectivity index (χ3v) is 2.41. The van der Waals surface area contributed by atoms with Crippen LogP contribution in [0.15, 0.2) is 12.3 Å². The van der Waals surface area contributed by atoms with Gasteiger partial charge >= 0.3 is 0 Å². The van der Waals surface area contributed by atoms with Crippen molar-refractivity contribution in [3.63, 3.8) is 0 Å². The molecule has 0 saturated carbocycles. The highest BCUT2D eigenvalue weighted by molar-refractivity contribution is 5.32. The maximum atomic E-state index is 5.76. The summed E-state index contributed by atoms with van der Waals surface area (Å²) in [5.74, 6) is 0.874. The Kier molecular flexibility index (Phi) is 4.30. The molecular weight excluding hydrogens is 200 g/mol. The van der Waals surface area contributed by atoms with Gasteiger partial charge in [0, 0.05) is 30.1 Å². The second-order valence-corrected chi connectivity index (χ2v) is 5.30. The first-order valence-corrected chi connectivity index (χ1v) is 5.71. The van der Waals surface area contributed by atoms with Gasteiger partial charge in [0.2, 0.25) is 0 Å². The highest BCUT2D eigenvalue weighted by Crippen LogP contribution is 2.22. The van der Waals surface area contributed by atoms with Crippen LogP contribution in [0.5, 0.6) is 5.75 Å². The van der Waals surface area contributed by atoms with Crippen LogP contribution in [0.4, 0.5) is 0 Å². The van der Waals surface area contributed by atoms with Crippen LogP contribution in [0.25, 0.3) is 0 Å². The van der Waals surface area contributed by atoms with Gasteiger partial charge in [0.1, 0.15) is 5.75 Å². The zero-order chi connectivity index (χ0) is 12.2. The number of rotatable bonds is 4. The molecule has 0 atom stereocenters. The predicted molar refractivity (Wildman–Crippen MR) is 66.4 cm³/mol. The van der Waals surface area contributed by atoms with Crippen LogP contribution < -0.4 is 10.5 Å². The lowest BCUT2D eigenvalue weighted by molar-refractivity contribution is 0.241. The summed E-state index contributed by atoms with van der Waals surface area (Å²) in [6.07, 6.45) is 2.82. The summed E-state index contributed by atoms with van der Waals surface area (Å²) >= 11 is 0. The highest BCUT2D eigenvalue weighted by atomic mass is 16.5. The van der Waals surface area contributed by atoms with Crippen LogP contribution in [0, 0.1) is 12.3 Å². The van der Waals surface area contributed by atoms with Crippen molar-refractivity contribution in [3.05, 3.63) is 23.5 Å². The van der Waals surface area contributed by atoms with Crippen molar-refractivity contribution in [2.75, 3.05) is 6.61 Å². The third-order valence-electron chi connectivity index (χ3n) is 2.41. The second-order valence-electron chi connectivity index (χ2n) is 5.30. The van der Waals surface area contributed by atoms with Gasteiger partial charge in [-0.1, -0.05) is 20.8 Å². The number of aryl methyl sites for hydroxylation is 1. The predicted octanol–water partition coefficient (Wildman–Crippen LogP) is 2.66. The maximum absolute atomic E-state index is 5.76. The minimum atomic E-state index is 0.297. The lowest BCUT2D eigenvalue weighted by atomic mass is 9.93. The van der Waals surface area contributed by atoms with Crippen molar-refractivity contribution in [1.29, 1.82) is 0 Å². The van der Waals surface area contributed by atoms with E-state index in [1.807, 2.05) is 13.0 Å². The molecule has 0 saturated heterocycles. The van der Waals surface area contributed by atoms with Gasteiger partial charge in [0.05, 0.1) is 6.61 Å². The minimum Gasteiger partial charge on any atom is -0.493 e. The molecule has 0 amide bonds. The molecule has 1 aromatic heterocycles. The molecule has 1 aromatic rings. The summed E-state index contributed by atoms with van der Waals surface area (Å²) in [6.45, 7) is 9.77. The first-order valence-electron chi connectivity index (χ1n) is 5.71. The normalized spacial score (nSPS) is 11.6. The first kappa shape index (κ1) is 13.0. The van der Waals surface area contributed by atoms with Crippen LogP contribution in [0.3, 0.4) is 0 Å². The number of ether oxygens (including phenoxy) is 1. The molecule has 0 unspecified atom stereocenters. The fraction of sp³-hybridized carbons (Fsp3) is 0.615. The second kappa shape index (κ2) is 5.30. The van der Waals surface area contributed by atoms with E-state index in [0.29, 0.717) is 12.0 Å². The molecule has 0 bridgehead atoms. The van der Waals surface area contributed by atoms with E-state index in [1.165, 1.54) is 0 Å². The van der Waals surface area contributed by atoms with Crippen LogP contribution in [-0.4, -0.2) is 11.6 Å². The van der Waals surface area contributed by atoms with E-state index in [0.717, 1.165) is 30.0 Å². The Labute approximate surface area is 98.0 Å². The summed E-state index contributed by atoms with van der Waals surface area (Å²) in [4.78, 5) is 4.21. The summed E-state index contributed by atoms with van der Waals surface area (Å²) in [6, 6.07) is 1.95. The van der Waals surface area contributed by atoms with Crippen molar-refractivity contribution in [2.24, 2.45) is 11.1 Å². The molecule has 16 heavy (non-hydrogen) atoms. The van der Waals surface area contributed by atoms with Gasteiger partial charge in [0.25, 0.3) is 0 Å². The SMILES string of the molecule is Cc1cc(OCCC(C)(C)C)c(CN)cn1. The molecule has 90 valence electrons. The van der Waals surface area contributed by atoms with E-state index in [2.05, 4.69) is 25.8 Å². The standard InChI is InChI=1S/C13H22N2O/c1-10-7-12(11(8-14)9-15-10)16-6-5-13(2,3)4/h7,9H,5-6,8,14H2,1-4H3. The summed E-state index contributed by atoms with van der Waals surface area (Å²) in [5.41, 5.74) is 7.87. The Morgan fingerprint density at radius 2 is 2.06 bits per heavy atom. The van der Waals surface area contributed by atoms with Crippen molar-refractivity contribution >= 4 is 0 Å². The summed E-state index contributed by atoms with van der Waals surface area (Å²) in [7, 11) is 0. The molecule has 3 heteroatoms. The Morgan fingerprint density at radius 3 is 2.62 bits per heavy atom. The number of nitrogens with zero attached hydrogens (tertiary/aromatic N) is 1. The van der Waals surface area contributed by atoms with Gasteiger partial charge < -0.3 is 10.5 Å². The lowest BCUT2D eigenvalue weighted by Gasteiger charge is -2.19. The first-order chi connectivity index (χ1) is 7.42. The molecule has 0 aliphatic carbocycles. The number of nitrogens with two attached hydrogens (primary N) is 1. The quantitative estimate of drug-likeness (QED) is 0.852. The van der Waals surface area contributed by atoms with E-state index in [1.54, 1.807) is 6.20 Å². The van der Waals surface area contributed by atoms with Crippen LogP contribution in [0.2, 0.25) is 0 Å². The van der Waals surface area contributed by atoms with E-state index in [-0.39, 0.29) is 0 Å². The van der Waals surface area contributed by atoms with Gasteiger partial charge in [-0.2, -0.15) is 0 Å². The Bertz CT molecular complexity index is 342. The average molecular weight is 222 g/mol. The van der Waals surface area contributed by atoms with Gasteiger partial charge in [-0.05, 0) is 18.8 Å². The van der Waals surface area contributed by atoms with Crippen molar-refractivity contribution in [3.8, 4) is 5.75 Å². The van der Waals surface area contributed by atoms with E-state index >= 15 is 0 Å². The Hall–Kier alpha value is -1.09. The minimum absolute atomic E-state index is 0.297. The molecule has 0 spiro atoms. The Balaban J connectivity index is 2.62. The molecule has 1 heterocycles. The molecular formula is C13H22N2O. The van der Waals surface area contributed by atoms with Gasteiger partial charge in [-0.3, -0.25) is 4.98 Å². The number of pyridine rings is 1. The van der Waals surface area contributed by atoms with Crippen LogP contribution >= 0.6 is 0 Å². The van der Waals surface area contributed by atoms with E-state index in [9.17, 15) is 0 Å². The number of hydrogen-bond donors (Lipinski definition) is 1. The van der Waals surface area contributed by atoms with Crippen LogP contribution in [-0.2, 0) is 6.54 Å². The molecule has 0 aliphatic rings. The summed E-state index contributed by atoms with van der Waals surface area (Å²) < 4.78 is 5.76. The molecule has 3 nitrogen and oxygen atoms in total. The average Bonchev–Trinajstić information content (AvgIpc) is 2.16. The van der Waals surface area contributed by atoms with Crippen molar-refractivity contribution in [1.82, 2.24) is 4.98 Å². The topological polar surface area (TPSA) is 48.1 Å². The van der Waals surface area contributed by atoms with Crippen molar-refractivity contribution < 1.29 is 4.74 Å². The molecule has 0 fully saturated rings. The highest BCUT2D eigenvalue weighted by Gasteiger charge is 2.11. The largest absolute Gasteiger partial charge is 0.493 e. The van der Waals surface area contributed by atoms with E-state index < -0.39 is 0 Å².